The van der Waals surface area contributed by atoms with E-state index in [1.54, 1.807) is 18.2 Å². The molecule has 1 aromatic rings. The zero-order valence-corrected chi connectivity index (χ0v) is 12.7. The van der Waals surface area contributed by atoms with E-state index in [9.17, 15) is 9.90 Å². The number of carbonyl (C=O) groups is 1. The van der Waals surface area contributed by atoms with Crippen molar-refractivity contribution in [1.82, 2.24) is 0 Å². The van der Waals surface area contributed by atoms with Crippen LogP contribution in [0.2, 0.25) is 0 Å². The van der Waals surface area contributed by atoms with Gasteiger partial charge in [-0.2, -0.15) is 0 Å². The van der Waals surface area contributed by atoms with Crippen LogP contribution >= 0.6 is 0 Å². The first-order valence-corrected chi connectivity index (χ1v) is 8.14. The molecule has 0 amide bonds. The molecule has 3 atom stereocenters. The minimum atomic E-state index is -0.379. The molecule has 2 aliphatic rings. The molecule has 1 aromatic carbocycles. The molecule has 0 spiro atoms. The quantitative estimate of drug-likeness (QED) is 0.829. The van der Waals surface area contributed by atoms with Crippen molar-refractivity contribution >= 4 is 5.97 Å². The molecule has 1 N–H and O–H groups in total. The van der Waals surface area contributed by atoms with Crippen molar-refractivity contribution in [2.75, 3.05) is 0 Å². The third-order valence-corrected chi connectivity index (χ3v) is 5.14. The molecule has 0 radical (unpaired) electrons. The molecule has 3 unspecified atom stereocenters. The lowest BCUT2D eigenvalue weighted by atomic mass is 9.70. The second kappa shape index (κ2) is 6.08. The Morgan fingerprint density at radius 3 is 2.71 bits per heavy atom. The Kier molecular flexibility index (Phi) is 4.18. The molecular weight excluding hydrogens is 264 g/mol. The Labute approximate surface area is 126 Å². The molecule has 3 rings (SSSR count). The molecule has 0 heterocycles. The predicted molar refractivity (Wildman–Crippen MR) is 81.3 cm³/mol. The summed E-state index contributed by atoms with van der Waals surface area (Å²) in [6.07, 6.45) is 8.50. The van der Waals surface area contributed by atoms with Gasteiger partial charge in [-0.1, -0.05) is 37.3 Å². The third-order valence-electron chi connectivity index (χ3n) is 5.14. The van der Waals surface area contributed by atoms with Gasteiger partial charge < -0.3 is 9.84 Å². The van der Waals surface area contributed by atoms with Crippen LogP contribution in [0, 0.1) is 18.8 Å². The summed E-state index contributed by atoms with van der Waals surface area (Å²) in [5, 5.41) is 9.82. The van der Waals surface area contributed by atoms with Gasteiger partial charge in [-0.15, -0.1) is 0 Å². The minimum Gasteiger partial charge on any atom is -0.507 e. The minimum absolute atomic E-state index is 0.0111. The van der Waals surface area contributed by atoms with Crippen LogP contribution in [0.3, 0.4) is 0 Å². The number of ether oxygens (including phenoxy) is 1. The van der Waals surface area contributed by atoms with E-state index in [-0.39, 0.29) is 17.8 Å². The summed E-state index contributed by atoms with van der Waals surface area (Å²) < 4.78 is 5.66. The normalized spacial score (nSPS) is 28.7. The predicted octanol–water partition coefficient (Wildman–Crippen LogP) is 4.22. The number of rotatable bonds is 2. The molecular formula is C18H24O3. The van der Waals surface area contributed by atoms with Crippen molar-refractivity contribution in [2.24, 2.45) is 11.8 Å². The van der Waals surface area contributed by atoms with Gasteiger partial charge in [0.25, 0.3) is 0 Å². The van der Waals surface area contributed by atoms with Gasteiger partial charge >= 0.3 is 5.97 Å². The number of benzene rings is 1. The van der Waals surface area contributed by atoms with Crippen LogP contribution in [-0.4, -0.2) is 17.2 Å². The van der Waals surface area contributed by atoms with E-state index in [1.165, 1.54) is 32.1 Å². The lowest BCUT2D eigenvalue weighted by Crippen LogP contribution is -2.33. The van der Waals surface area contributed by atoms with Crippen molar-refractivity contribution in [1.29, 1.82) is 0 Å². The van der Waals surface area contributed by atoms with Crippen LogP contribution in [0.15, 0.2) is 18.2 Å². The van der Waals surface area contributed by atoms with E-state index in [4.69, 9.17) is 4.74 Å². The van der Waals surface area contributed by atoms with Gasteiger partial charge in [-0.05, 0) is 50.2 Å². The Balaban J connectivity index is 1.63. The molecule has 21 heavy (non-hydrogen) atoms. The monoisotopic (exact) mass is 288 g/mol. The summed E-state index contributed by atoms with van der Waals surface area (Å²) in [5.41, 5.74) is 1.25. The highest BCUT2D eigenvalue weighted by atomic mass is 16.5. The fraction of sp³-hybridized carbons (Fsp3) is 0.611. The molecule has 0 saturated heterocycles. The SMILES string of the molecule is Cc1ccc(O)c(C(=O)OC2CCC3CCCCC3C2)c1. The largest absolute Gasteiger partial charge is 0.507 e. The van der Waals surface area contributed by atoms with E-state index in [1.807, 2.05) is 6.92 Å². The smallest absolute Gasteiger partial charge is 0.342 e. The molecule has 3 nitrogen and oxygen atoms in total. The summed E-state index contributed by atoms with van der Waals surface area (Å²) >= 11 is 0. The molecule has 2 aliphatic carbocycles. The zero-order valence-electron chi connectivity index (χ0n) is 12.7. The molecule has 2 saturated carbocycles. The maximum absolute atomic E-state index is 12.3. The van der Waals surface area contributed by atoms with Gasteiger partial charge in [0.05, 0.1) is 0 Å². The maximum atomic E-state index is 12.3. The van der Waals surface area contributed by atoms with Crippen molar-refractivity contribution in [3.05, 3.63) is 29.3 Å². The number of aryl methyl sites for hydroxylation is 1. The Bertz CT molecular complexity index is 523. The van der Waals surface area contributed by atoms with Crippen LogP contribution in [0.4, 0.5) is 0 Å². The van der Waals surface area contributed by atoms with E-state index >= 15 is 0 Å². The van der Waals surface area contributed by atoms with Crippen LogP contribution in [0.25, 0.3) is 0 Å². The molecule has 0 bridgehead atoms. The first kappa shape index (κ1) is 14.4. The first-order chi connectivity index (χ1) is 10.1. The molecule has 3 heteroatoms. The van der Waals surface area contributed by atoms with Gasteiger partial charge in [-0.25, -0.2) is 4.79 Å². The Morgan fingerprint density at radius 1 is 1.14 bits per heavy atom. The average Bonchev–Trinajstić information content (AvgIpc) is 2.49. The lowest BCUT2D eigenvalue weighted by molar-refractivity contribution is -0.00115. The van der Waals surface area contributed by atoms with Crippen molar-refractivity contribution in [3.8, 4) is 5.75 Å². The maximum Gasteiger partial charge on any atom is 0.342 e. The number of carbonyl (C=O) groups excluding carboxylic acids is 1. The van der Waals surface area contributed by atoms with Gasteiger partial charge in [0.2, 0.25) is 0 Å². The molecule has 2 fully saturated rings. The number of esters is 1. The Hall–Kier alpha value is -1.51. The lowest BCUT2D eigenvalue weighted by Gasteiger charge is -2.38. The van der Waals surface area contributed by atoms with Crippen molar-refractivity contribution in [3.63, 3.8) is 0 Å². The average molecular weight is 288 g/mol. The highest BCUT2D eigenvalue weighted by Gasteiger charge is 2.34. The molecule has 0 aliphatic heterocycles. The summed E-state index contributed by atoms with van der Waals surface area (Å²) in [6.45, 7) is 1.91. The summed E-state index contributed by atoms with van der Waals surface area (Å²) in [4.78, 5) is 12.3. The van der Waals surface area contributed by atoms with Crippen LogP contribution < -0.4 is 0 Å². The number of phenols is 1. The second-order valence-electron chi connectivity index (χ2n) is 6.67. The Morgan fingerprint density at radius 2 is 1.90 bits per heavy atom. The zero-order chi connectivity index (χ0) is 14.8. The first-order valence-electron chi connectivity index (χ1n) is 8.14. The summed E-state index contributed by atoms with van der Waals surface area (Å²) in [6, 6.07) is 5.05. The van der Waals surface area contributed by atoms with E-state index < -0.39 is 0 Å². The van der Waals surface area contributed by atoms with E-state index in [2.05, 4.69) is 0 Å². The van der Waals surface area contributed by atoms with Crippen LogP contribution in [-0.2, 0) is 4.74 Å². The third kappa shape index (κ3) is 3.22. The van der Waals surface area contributed by atoms with Crippen molar-refractivity contribution in [2.45, 2.75) is 58.0 Å². The van der Waals surface area contributed by atoms with Crippen molar-refractivity contribution < 1.29 is 14.6 Å². The topological polar surface area (TPSA) is 46.5 Å². The number of phenolic OH excluding ortho intramolecular Hbond substituents is 1. The standard InChI is InChI=1S/C18H24O3/c1-12-6-9-17(19)16(10-12)18(20)21-15-8-7-13-4-2-3-5-14(13)11-15/h6,9-10,13-15,19H,2-5,7-8,11H2,1H3. The highest BCUT2D eigenvalue weighted by Crippen LogP contribution is 2.41. The van der Waals surface area contributed by atoms with Gasteiger partial charge in [0, 0.05) is 0 Å². The number of aromatic hydroxyl groups is 1. The number of hydrogen-bond acceptors (Lipinski definition) is 3. The highest BCUT2D eigenvalue weighted by molar-refractivity contribution is 5.92. The summed E-state index contributed by atoms with van der Waals surface area (Å²) in [7, 11) is 0. The van der Waals surface area contributed by atoms with Gasteiger partial charge in [0.1, 0.15) is 17.4 Å². The summed E-state index contributed by atoms with van der Waals surface area (Å²) in [5.74, 6) is 1.21. The fourth-order valence-corrected chi connectivity index (χ4v) is 3.97. The van der Waals surface area contributed by atoms with Gasteiger partial charge in [0.15, 0.2) is 0 Å². The van der Waals surface area contributed by atoms with E-state index in [0.29, 0.717) is 5.56 Å². The van der Waals surface area contributed by atoms with Gasteiger partial charge in [-0.3, -0.25) is 0 Å². The number of fused-ring (bicyclic) bond motifs is 1. The molecule has 0 aromatic heterocycles. The van der Waals surface area contributed by atoms with E-state index in [0.717, 1.165) is 30.2 Å². The fourth-order valence-electron chi connectivity index (χ4n) is 3.97. The molecule has 114 valence electrons. The van der Waals surface area contributed by atoms with Crippen LogP contribution in [0.1, 0.15) is 60.9 Å². The number of hydrogen-bond donors (Lipinski definition) is 1. The second-order valence-corrected chi connectivity index (χ2v) is 6.67. The van der Waals surface area contributed by atoms with Crippen LogP contribution in [0.5, 0.6) is 5.75 Å².